The second kappa shape index (κ2) is 8.27. The fourth-order valence-corrected chi connectivity index (χ4v) is 3.26. The molecule has 7 nitrogen and oxygen atoms in total. The topological polar surface area (TPSA) is 75.4 Å². The van der Waals surface area contributed by atoms with E-state index >= 15 is 0 Å². The molecule has 26 heavy (non-hydrogen) atoms. The van der Waals surface area contributed by atoms with Crippen molar-refractivity contribution in [1.82, 2.24) is 30.0 Å². The zero-order valence-electron chi connectivity index (χ0n) is 14.8. The van der Waals surface area contributed by atoms with Gasteiger partial charge < -0.3 is 10.2 Å². The maximum absolute atomic E-state index is 12.6. The highest BCUT2D eigenvalue weighted by atomic mass is 79.9. The Morgan fingerprint density at radius 2 is 2.08 bits per heavy atom. The molecule has 0 radical (unpaired) electrons. The third-order valence-electron chi connectivity index (χ3n) is 4.39. The molecular weight excluding hydrogens is 396 g/mol. The summed E-state index contributed by atoms with van der Waals surface area (Å²) in [4.78, 5) is 14.3. The van der Waals surface area contributed by atoms with Gasteiger partial charge in [0.1, 0.15) is 0 Å². The van der Waals surface area contributed by atoms with Crippen LogP contribution in [0.3, 0.4) is 0 Å². The first-order chi connectivity index (χ1) is 12.6. The number of carbonyl (C=O) groups is 1. The Morgan fingerprint density at radius 3 is 2.85 bits per heavy atom. The van der Waals surface area contributed by atoms with Crippen molar-refractivity contribution in [2.24, 2.45) is 0 Å². The molecule has 1 aromatic carbocycles. The molecular formula is C18H21BrN6O. The fourth-order valence-electron chi connectivity index (χ4n) is 2.82. The van der Waals surface area contributed by atoms with Crippen LogP contribution < -0.4 is 5.32 Å². The molecule has 0 spiro atoms. The molecule has 2 heterocycles. The van der Waals surface area contributed by atoms with Crippen LogP contribution in [-0.2, 0) is 13.0 Å². The van der Waals surface area contributed by atoms with Crippen LogP contribution in [0.25, 0.3) is 5.65 Å². The van der Waals surface area contributed by atoms with Crippen LogP contribution in [0, 0.1) is 0 Å². The highest BCUT2D eigenvalue weighted by Crippen LogP contribution is 2.20. The predicted octanol–water partition coefficient (Wildman–Crippen LogP) is 3.05. The molecule has 2 amide bonds. The van der Waals surface area contributed by atoms with Crippen molar-refractivity contribution in [3.8, 4) is 0 Å². The van der Waals surface area contributed by atoms with E-state index in [1.807, 2.05) is 31.3 Å². The smallest absolute Gasteiger partial charge is 0.317 e. The van der Waals surface area contributed by atoms with Crippen LogP contribution in [-0.4, -0.2) is 43.8 Å². The summed E-state index contributed by atoms with van der Waals surface area (Å²) in [7, 11) is 1.82. The Balaban J connectivity index is 1.63. The number of benzene rings is 1. The van der Waals surface area contributed by atoms with E-state index in [1.54, 1.807) is 21.7 Å². The molecule has 0 saturated heterocycles. The predicted molar refractivity (Wildman–Crippen MR) is 103 cm³/mol. The van der Waals surface area contributed by atoms with Gasteiger partial charge in [-0.3, -0.25) is 0 Å². The number of hydrogen-bond donors (Lipinski definition) is 1. The number of fused-ring (bicyclic) bond motifs is 1. The summed E-state index contributed by atoms with van der Waals surface area (Å²) in [6, 6.07) is 11.7. The molecule has 1 N–H and O–H groups in total. The normalized spacial score (nSPS) is 12.1. The molecule has 0 saturated carbocycles. The van der Waals surface area contributed by atoms with Crippen molar-refractivity contribution >= 4 is 27.6 Å². The first-order valence-corrected chi connectivity index (χ1v) is 9.28. The van der Waals surface area contributed by atoms with Crippen molar-refractivity contribution in [1.29, 1.82) is 0 Å². The minimum Gasteiger partial charge on any atom is -0.331 e. The molecule has 3 aromatic rings. The van der Waals surface area contributed by atoms with Crippen LogP contribution in [0.1, 0.15) is 24.7 Å². The van der Waals surface area contributed by atoms with Crippen molar-refractivity contribution in [3.63, 3.8) is 0 Å². The van der Waals surface area contributed by atoms with E-state index in [-0.39, 0.29) is 18.6 Å². The molecule has 0 fully saturated rings. The van der Waals surface area contributed by atoms with E-state index in [1.165, 1.54) is 5.56 Å². The first kappa shape index (κ1) is 18.3. The fraction of sp³-hybridized carbons (Fsp3) is 0.333. The standard InChI is InChI=1S/C18H21BrN6O/c1-3-14(11-13-7-4-5-8-15(13)19)24(2)18(26)20-12-17-23-22-16-9-6-10-21-25(16)17/h4-10,14H,3,11-12H2,1-2H3,(H,20,26). The lowest BCUT2D eigenvalue weighted by molar-refractivity contribution is 0.187. The molecule has 0 aliphatic carbocycles. The van der Waals surface area contributed by atoms with Gasteiger partial charge in [0.05, 0.1) is 6.54 Å². The third-order valence-corrected chi connectivity index (χ3v) is 5.17. The summed E-state index contributed by atoms with van der Waals surface area (Å²) >= 11 is 3.58. The molecule has 2 aromatic heterocycles. The van der Waals surface area contributed by atoms with E-state index in [0.717, 1.165) is 17.3 Å². The number of nitrogens with one attached hydrogen (secondary N) is 1. The number of rotatable bonds is 6. The average Bonchev–Trinajstić information content (AvgIpc) is 3.08. The molecule has 136 valence electrons. The van der Waals surface area contributed by atoms with E-state index in [4.69, 9.17) is 0 Å². The number of nitrogens with zero attached hydrogens (tertiary/aromatic N) is 5. The molecule has 1 atom stereocenters. The Bertz CT molecular complexity index is 896. The van der Waals surface area contributed by atoms with Crippen LogP contribution in [0.2, 0.25) is 0 Å². The number of likely N-dealkylation sites (N-methyl/N-ethyl adjacent to an activating group) is 1. The van der Waals surface area contributed by atoms with E-state index in [0.29, 0.717) is 11.5 Å². The Labute approximate surface area is 160 Å². The number of halogens is 1. The number of hydrogen-bond acceptors (Lipinski definition) is 4. The van der Waals surface area contributed by atoms with Gasteiger partial charge in [0.25, 0.3) is 0 Å². The molecule has 8 heteroatoms. The maximum atomic E-state index is 12.6. The summed E-state index contributed by atoms with van der Waals surface area (Å²) < 4.78 is 2.69. The minimum absolute atomic E-state index is 0.0990. The largest absolute Gasteiger partial charge is 0.331 e. The summed E-state index contributed by atoms with van der Waals surface area (Å²) in [6.45, 7) is 2.36. The van der Waals surface area contributed by atoms with Gasteiger partial charge >= 0.3 is 6.03 Å². The van der Waals surface area contributed by atoms with Gasteiger partial charge in [-0.15, -0.1) is 10.2 Å². The Kier molecular flexibility index (Phi) is 5.82. The molecule has 3 rings (SSSR count). The summed E-state index contributed by atoms with van der Waals surface area (Å²) in [6.07, 6.45) is 3.32. The van der Waals surface area contributed by atoms with Gasteiger partial charge in [-0.1, -0.05) is 41.1 Å². The lowest BCUT2D eigenvalue weighted by atomic mass is 10.0. The Hall–Kier alpha value is -2.48. The van der Waals surface area contributed by atoms with Crippen molar-refractivity contribution in [3.05, 3.63) is 58.5 Å². The number of amides is 2. The quantitative estimate of drug-likeness (QED) is 0.669. The first-order valence-electron chi connectivity index (χ1n) is 8.49. The Morgan fingerprint density at radius 1 is 1.27 bits per heavy atom. The number of urea groups is 1. The van der Waals surface area contributed by atoms with E-state index in [9.17, 15) is 4.79 Å². The van der Waals surface area contributed by atoms with Gasteiger partial charge in [0.15, 0.2) is 11.5 Å². The lowest BCUT2D eigenvalue weighted by Crippen LogP contribution is -2.44. The highest BCUT2D eigenvalue weighted by Gasteiger charge is 2.20. The molecule has 0 aliphatic rings. The lowest BCUT2D eigenvalue weighted by Gasteiger charge is -2.28. The van der Waals surface area contributed by atoms with Crippen molar-refractivity contribution in [2.45, 2.75) is 32.4 Å². The van der Waals surface area contributed by atoms with Crippen LogP contribution in [0.5, 0.6) is 0 Å². The summed E-state index contributed by atoms with van der Waals surface area (Å²) in [5.41, 5.74) is 1.84. The van der Waals surface area contributed by atoms with Crippen molar-refractivity contribution < 1.29 is 4.79 Å². The zero-order chi connectivity index (χ0) is 18.5. The van der Waals surface area contributed by atoms with Gasteiger partial charge in [-0.25, -0.2) is 4.79 Å². The summed E-state index contributed by atoms with van der Waals surface area (Å²) in [5, 5.41) is 15.2. The second-order valence-corrected chi connectivity index (χ2v) is 6.89. The van der Waals surface area contributed by atoms with E-state index in [2.05, 4.69) is 49.5 Å². The summed E-state index contributed by atoms with van der Waals surface area (Å²) in [5.74, 6) is 0.598. The minimum atomic E-state index is -0.142. The van der Waals surface area contributed by atoms with Gasteiger partial charge in [-0.05, 0) is 36.6 Å². The number of carbonyl (C=O) groups excluding carboxylic acids is 1. The van der Waals surface area contributed by atoms with Crippen LogP contribution in [0.15, 0.2) is 47.1 Å². The second-order valence-electron chi connectivity index (χ2n) is 6.04. The molecule has 1 unspecified atom stereocenters. The number of aromatic nitrogens is 4. The molecule has 0 bridgehead atoms. The van der Waals surface area contributed by atoms with E-state index < -0.39 is 0 Å². The third kappa shape index (κ3) is 4.01. The maximum Gasteiger partial charge on any atom is 0.317 e. The zero-order valence-corrected chi connectivity index (χ0v) is 16.3. The SMILES string of the molecule is CCC(Cc1ccccc1Br)N(C)C(=O)NCc1nnc2cccnn12. The van der Waals surface area contributed by atoms with Gasteiger partial charge in [0.2, 0.25) is 0 Å². The van der Waals surface area contributed by atoms with Crippen molar-refractivity contribution in [2.75, 3.05) is 7.05 Å². The average molecular weight is 417 g/mol. The van der Waals surface area contributed by atoms with Crippen LogP contribution in [0.4, 0.5) is 4.79 Å². The van der Waals surface area contributed by atoms with Gasteiger partial charge in [0, 0.05) is 23.8 Å². The van der Waals surface area contributed by atoms with Crippen LogP contribution >= 0.6 is 15.9 Å². The van der Waals surface area contributed by atoms with Gasteiger partial charge in [-0.2, -0.15) is 9.61 Å². The highest BCUT2D eigenvalue weighted by molar-refractivity contribution is 9.10. The molecule has 0 aliphatic heterocycles. The monoisotopic (exact) mass is 416 g/mol.